The highest BCUT2D eigenvalue weighted by atomic mass is 16.2. The quantitative estimate of drug-likeness (QED) is 0.919. The summed E-state index contributed by atoms with van der Waals surface area (Å²) < 4.78 is 1.92. The number of carbonyl (C=O) groups excluding carboxylic acids is 1. The maximum Gasteiger partial charge on any atom is 0.317 e. The molecule has 1 saturated carbocycles. The Morgan fingerprint density at radius 3 is 2.71 bits per heavy atom. The monoisotopic (exact) mass is 328 g/mol. The molecule has 4 rings (SSSR count). The van der Waals surface area contributed by atoms with E-state index in [-0.39, 0.29) is 12.1 Å². The molecule has 1 aliphatic carbocycles. The van der Waals surface area contributed by atoms with Crippen molar-refractivity contribution in [3.63, 3.8) is 0 Å². The first-order chi connectivity index (χ1) is 11.8. The van der Waals surface area contributed by atoms with Gasteiger partial charge in [0.1, 0.15) is 5.52 Å². The summed E-state index contributed by atoms with van der Waals surface area (Å²) >= 11 is 0. The van der Waals surface area contributed by atoms with Gasteiger partial charge in [-0.05, 0) is 37.8 Å². The number of aromatic nitrogens is 4. The van der Waals surface area contributed by atoms with Gasteiger partial charge in [0.15, 0.2) is 5.65 Å². The molecule has 1 saturated heterocycles. The van der Waals surface area contributed by atoms with Gasteiger partial charge in [-0.2, -0.15) is 0 Å². The van der Waals surface area contributed by atoms with Crippen LogP contribution >= 0.6 is 0 Å². The van der Waals surface area contributed by atoms with E-state index in [1.54, 1.807) is 6.20 Å². The second-order valence-electron chi connectivity index (χ2n) is 6.88. The molecule has 0 unspecified atom stereocenters. The lowest BCUT2D eigenvalue weighted by molar-refractivity contribution is 0.163. The zero-order chi connectivity index (χ0) is 16.4. The molecule has 24 heavy (non-hydrogen) atoms. The lowest BCUT2D eigenvalue weighted by Crippen LogP contribution is -2.48. The minimum Gasteiger partial charge on any atom is -0.335 e. The minimum absolute atomic E-state index is 0.0990. The summed E-state index contributed by atoms with van der Waals surface area (Å²) in [6.07, 6.45) is 9.59. The molecule has 2 amide bonds. The van der Waals surface area contributed by atoms with E-state index in [1.165, 1.54) is 19.3 Å². The molecule has 2 fully saturated rings. The van der Waals surface area contributed by atoms with Crippen LogP contribution in [0.25, 0.3) is 11.2 Å². The van der Waals surface area contributed by atoms with Crippen LogP contribution < -0.4 is 5.32 Å². The van der Waals surface area contributed by atoms with E-state index < -0.39 is 0 Å². The van der Waals surface area contributed by atoms with E-state index >= 15 is 0 Å². The lowest BCUT2D eigenvalue weighted by Gasteiger charge is -2.33. The van der Waals surface area contributed by atoms with Crippen LogP contribution in [-0.4, -0.2) is 50.0 Å². The van der Waals surface area contributed by atoms with Gasteiger partial charge >= 0.3 is 6.03 Å². The van der Waals surface area contributed by atoms with Gasteiger partial charge < -0.3 is 10.2 Å². The van der Waals surface area contributed by atoms with Crippen molar-refractivity contribution in [3.8, 4) is 0 Å². The van der Waals surface area contributed by atoms with Gasteiger partial charge in [-0.3, -0.25) is 0 Å². The van der Waals surface area contributed by atoms with Gasteiger partial charge in [-0.1, -0.05) is 24.5 Å². The Morgan fingerprint density at radius 2 is 1.92 bits per heavy atom. The third-order valence-corrected chi connectivity index (χ3v) is 5.26. The van der Waals surface area contributed by atoms with Gasteiger partial charge in [-0.25, -0.2) is 14.5 Å². The number of carbonyl (C=O) groups is 1. The first-order valence-corrected chi connectivity index (χ1v) is 9.02. The Morgan fingerprint density at radius 1 is 1.12 bits per heavy atom. The molecule has 1 N–H and O–H groups in total. The van der Waals surface area contributed by atoms with Crippen LogP contribution in [0.4, 0.5) is 4.79 Å². The molecule has 0 bridgehead atoms. The normalized spacial score (nSPS) is 20.4. The predicted octanol–water partition coefficient (Wildman–Crippen LogP) is 2.51. The number of piperidine rings is 1. The summed E-state index contributed by atoms with van der Waals surface area (Å²) in [5.74, 6) is 0. The number of amides is 2. The molecule has 0 spiro atoms. The van der Waals surface area contributed by atoms with E-state index in [0.29, 0.717) is 6.04 Å². The van der Waals surface area contributed by atoms with Gasteiger partial charge in [-0.15, -0.1) is 5.10 Å². The fourth-order valence-electron chi connectivity index (χ4n) is 3.85. The maximum atomic E-state index is 12.4. The number of fused-ring (bicyclic) bond motifs is 1. The van der Waals surface area contributed by atoms with Crippen molar-refractivity contribution >= 4 is 17.2 Å². The van der Waals surface area contributed by atoms with E-state index in [0.717, 1.165) is 49.9 Å². The fourth-order valence-corrected chi connectivity index (χ4v) is 3.85. The van der Waals surface area contributed by atoms with Crippen LogP contribution in [0.2, 0.25) is 0 Å². The fraction of sp³-hybridized carbons (Fsp3) is 0.647. The number of nitrogens with zero attached hydrogens (tertiary/aromatic N) is 5. The van der Waals surface area contributed by atoms with E-state index in [9.17, 15) is 4.79 Å². The highest BCUT2D eigenvalue weighted by molar-refractivity contribution is 5.74. The van der Waals surface area contributed by atoms with Crippen molar-refractivity contribution in [1.82, 2.24) is 30.2 Å². The Kier molecular flexibility index (Phi) is 4.32. The molecule has 3 heterocycles. The summed E-state index contributed by atoms with van der Waals surface area (Å²) in [5.41, 5.74) is 1.66. The minimum atomic E-state index is 0.0990. The molecule has 0 aromatic carbocycles. The van der Waals surface area contributed by atoms with Crippen LogP contribution in [0, 0.1) is 0 Å². The van der Waals surface area contributed by atoms with Crippen molar-refractivity contribution in [3.05, 3.63) is 18.3 Å². The maximum absolute atomic E-state index is 12.4. The number of pyridine rings is 1. The summed E-state index contributed by atoms with van der Waals surface area (Å²) in [5, 5.41) is 11.7. The molecule has 1 aliphatic heterocycles. The molecule has 0 atom stereocenters. The highest BCUT2D eigenvalue weighted by Gasteiger charge is 2.27. The predicted molar refractivity (Wildman–Crippen MR) is 90.6 cm³/mol. The highest BCUT2D eigenvalue weighted by Crippen LogP contribution is 2.25. The molecule has 2 aromatic heterocycles. The second kappa shape index (κ2) is 6.75. The third-order valence-electron chi connectivity index (χ3n) is 5.26. The van der Waals surface area contributed by atoms with Crippen LogP contribution in [0.5, 0.6) is 0 Å². The summed E-state index contributed by atoms with van der Waals surface area (Å²) in [6.45, 7) is 1.52. The molecule has 7 nitrogen and oxygen atoms in total. The number of nitrogens with one attached hydrogen (secondary N) is 1. The SMILES string of the molecule is O=C(NC1CCCCC1)N1CCC(n2nnc3cccnc32)CC1. The first kappa shape index (κ1) is 15.4. The van der Waals surface area contributed by atoms with Crippen LogP contribution in [0.3, 0.4) is 0 Å². The number of hydrogen-bond donors (Lipinski definition) is 1. The van der Waals surface area contributed by atoms with Crippen molar-refractivity contribution in [2.45, 2.75) is 57.0 Å². The topological polar surface area (TPSA) is 75.9 Å². The zero-order valence-corrected chi connectivity index (χ0v) is 13.9. The average molecular weight is 328 g/mol. The first-order valence-electron chi connectivity index (χ1n) is 9.02. The molecular formula is C17H24N6O. The molecule has 2 aliphatic rings. The zero-order valence-electron chi connectivity index (χ0n) is 13.9. The number of rotatable bonds is 2. The summed E-state index contributed by atoms with van der Waals surface area (Å²) in [7, 11) is 0. The van der Waals surface area contributed by atoms with Crippen LogP contribution in [0.15, 0.2) is 18.3 Å². The Labute approximate surface area is 141 Å². The number of urea groups is 1. The van der Waals surface area contributed by atoms with Crippen molar-refractivity contribution < 1.29 is 4.79 Å². The Balaban J connectivity index is 1.35. The number of hydrogen-bond acceptors (Lipinski definition) is 4. The van der Waals surface area contributed by atoms with Gasteiger partial charge in [0, 0.05) is 25.3 Å². The summed E-state index contributed by atoms with van der Waals surface area (Å²) in [4.78, 5) is 18.8. The standard InChI is InChI=1S/C17H24N6O/c24-17(19-13-5-2-1-3-6-13)22-11-8-14(9-12-22)23-16-15(20-21-23)7-4-10-18-16/h4,7,10,13-14H,1-3,5-6,8-9,11-12H2,(H,19,24). The lowest BCUT2D eigenvalue weighted by atomic mass is 9.95. The molecule has 128 valence electrons. The van der Waals surface area contributed by atoms with Gasteiger partial charge in [0.2, 0.25) is 0 Å². The molecular weight excluding hydrogens is 304 g/mol. The van der Waals surface area contributed by atoms with Gasteiger partial charge in [0.25, 0.3) is 0 Å². The third kappa shape index (κ3) is 3.07. The van der Waals surface area contributed by atoms with Crippen molar-refractivity contribution in [2.24, 2.45) is 0 Å². The van der Waals surface area contributed by atoms with Gasteiger partial charge in [0.05, 0.1) is 6.04 Å². The Hall–Kier alpha value is -2.18. The van der Waals surface area contributed by atoms with Crippen molar-refractivity contribution in [1.29, 1.82) is 0 Å². The Bertz CT molecular complexity index is 700. The van der Waals surface area contributed by atoms with Crippen LogP contribution in [-0.2, 0) is 0 Å². The smallest absolute Gasteiger partial charge is 0.317 e. The van der Waals surface area contributed by atoms with Crippen LogP contribution in [0.1, 0.15) is 51.0 Å². The largest absolute Gasteiger partial charge is 0.335 e. The number of likely N-dealkylation sites (tertiary alicyclic amines) is 1. The van der Waals surface area contributed by atoms with E-state index in [1.807, 2.05) is 21.7 Å². The van der Waals surface area contributed by atoms with E-state index in [4.69, 9.17) is 0 Å². The van der Waals surface area contributed by atoms with Crippen molar-refractivity contribution in [2.75, 3.05) is 13.1 Å². The summed E-state index contributed by atoms with van der Waals surface area (Å²) in [6, 6.07) is 4.54. The average Bonchev–Trinajstić information content (AvgIpc) is 3.07. The molecule has 2 aromatic rings. The molecule has 0 radical (unpaired) electrons. The molecule has 7 heteroatoms. The second-order valence-corrected chi connectivity index (χ2v) is 6.88. The van der Waals surface area contributed by atoms with E-state index in [2.05, 4.69) is 20.6 Å².